The summed E-state index contributed by atoms with van der Waals surface area (Å²) in [4.78, 5) is 11.2. The van der Waals surface area contributed by atoms with Gasteiger partial charge >= 0.3 is 11.7 Å². The summed E-state index contributed by atoms with van der Waals surface area (Å²) < 4.78 is 5.03. The topological polar surface area (TPSA) is 53.2 Å². The molecule has 13 heavy (non-hydrogen) atoms. The number of ether oxygens (including phenoxy) is 1. The van der Waals surface area contributed by atoms with Crippen molar-refractivity contribution in [2.45, 2.75) is 13.3 Å². The quantitative estimate of drug-likeness (QED) is 0.383. The fourth-order valence-corrected chi connectivity index (χ4v) is 1.14. The Kier molecular flexibility index (Phi) is 2.84. The molecule has 0 amide bonds. The maximum absolute atomic E-state index is 11.2. The van der Waals surface area contributed by atoms with Crippen molar-refractivity contribution in [2.75, 3.05) is 7.11 Å². The first-order chi connectivity index (χ1) is 6.20. The Morgan fingerprint density at radius 2 is 2.38 bits per heavy atom. The van der Waals surface area contributed by atoms with Gasteiger partial charge in [0.25, 0.3) is 0 Å². The number of nitrogens with zero attached hydrogens (tertiary/aromatic N) is 1. The second-order valence-electron chi connectivity index (χ2n) is 2.55. The molecule has 1 rings (SSSR count). The number of hydrogen-bond donors (Lipinski definition) is 0. The van der Waals surface area contributed by atoms with Crippen molar-refractivity contribution in [1.82, 2.24) is 0 Å². The third kappa shape index (κ3) is 1.77. The molecule has 0 aliphatic heterocycles. The maximum Gasteiger partial charge on any atom is 0.405 e. The van der Waals surface area contributed by atoms with Crippen LogP contribution in [-0.4, -0.2) is 13.1 Å². The molecule has 1 heterocycles. The van der Waals surface area contributed by atoms with Crippen molar-refractivity contribution >= 4 is 5.97 Å². The van der Waals surface area contributed by atoms with Gasteiger partial charge in [0.15, 0.2) is 6.20 Å². The number of hydrogen-bond acceptors (Lipinski definition) is 3. The maximum atomic E-state index is 11.2. The molecule has 4 heteroatoms. The Bertz CT molecular complexity index is 323. The summed E-state index contributed by atoms with van der Waals surface area (Å²) >= 11 is 0. The molecule has 0 fully saturated rings. The zero-order valence-electron chi connectivity index (χ0n) is 7.61. The minimum atomic E-state index is -0.590. The first kappa shape index (κ1) is 9.51. The Morgan fingerprint density at radius 1 is 1.69 bits per heavy atom. The first-order valence-electron chi connectivity index (χ1n) is 4.00. The van der Waals surface area contributed by atoms with Crippen molar-refractivity contribution in [2.24, 2.45) is 0 Å². The van der Waals surface area contributed by atoms with Crippen LogP contribution in [-0.2, 0) is 11.2 Å². The second-order valence-corrected chi connectivity index (χ2v) is 2.55. The third-order valence-corrected chi connectivity index (χ3v) is 1.80. The van der Waals surface area contributed by atoms with Gasteiger partial charge in [-0.2, -0.15) is 4.73 Å². The predicted octanol–water partition coefficient (Wildman–Crippen LogP) is 0.669. The van der Waals surface area contributed by atoms with Gasteiger partial charge in [0, 0.05) is 11.6 Å². The molecule has 0 saturated heterocycles. The lowest BCUT2D eigenvalue weighted by atomic mass is 10.1. The van der Waals surface area contributed by atoms with E-state index < -0.39 is 5.97 Å². The van der Waals surface area contributed by atoms with E-state index in [1.807, 2.05) is 6.92 Å². The molecule has 0 N–H and O–H groups in total. The molecule has 0 radical (unpaired) electrons. The van der Waals surface area contributed by atoms with Gasteiger partial charge in [-0.3, -0.25) is 0 Å². The lowest BCUT2D eigenvalue weighted by molar-refractivity contribution is -0.608. The molecule has 1 aromatic heterocycles. The lowest BCUT2D eigenvalue weighted by Gasteiger charge is -2.05. The summed E-state index contributed by atoms with van der Waals surface area (Å²) in [7, 11) is 1.26. The average Bonchev–Trinajstić information content (AvgIpc) is 2.16. The van der Waals surface area contributed by atoms with E-state index in [1.54, 1.807) is 12.1 Å². The van der Waals surface area contributed by atoms with E-state index in [-0.39, 0.29) is 5.69 Å². The van der Waals surface area contributed by atoms with Crippen molar-refractivity contribution in [3.05, 3.63) is 34.8 Å². The minimum Gasteiger partial charge on any atom is -0.618 e. The van der Waals surface area contributed by atoms with E-state index >= 15 is 0 Å². The van der Waals surface area contributed by atoms with Crippen LogP contribution in [0.2, 0.25) is 0 Å². The highest BCUT2D eigenvalue weighted by Crippen LogP contribution is 2.05. The minimum absolute atomic E-state index is 0.0764. The van der Waals surface area contributed by atoms with Gasteiger partial charge < -0.3 is 9.94 Å². The number of esters is 1. The molecule has 0 aromatic carbocycles. The first-order valence-corrected chi connectivity index (χ1v) is 4.00. The monoisotopic (exact) mass is 181 g/mol. The SMILES string of the molecule is CCc1ccc[n+]([O-])c1C(=O)OC. The highest BCUT2D eigenvalue weighted by atomic mass is 16.5. The van der Waals surface area contributed by atoms with E-state index in [0.717, 1.165) is 0 Å². The van der Waals surface area contributed by atoms with Gasteiger partial charge in [-0.1, -0.05) is 6.92 Å². The molecule has 0 saturated carbocycles. The summed E-state index contributed by atoms with van der Waals surface area (Å²) in [5.41, 5.74) is 0.775. The van der Waals surface area contributed by atoms with Crippen LogP contribution in [0.3, 0.4) is 0 Å². The number of carbonyl (C=O) groups excluding carboxylic acids is 1. The molecule has 0 aliphatic carbocycles. The van der Waals surface area contributed by atoms with Gasteiger partial charge in [0.2, 0.25) is 0 Å². The molecule has 1 aromatic rings. The highest BCUT2D eigenvalue weighted by Gasteiger charge is 2.20. The molecule has 70 valence electrons. The molecule has 0 spiro atoms. The van der Waals surface area contributed by atoms with E-state index in [2.05, 4.69) is 4.74 Å². The number of aromatic nitrogens is 1. The van der Waals surface area contributed by atoms with Gasteiger partial charge in [0.1, 0.15) is 0 Å². The second kappa shape index (κ2) is 3.89. The molecule has 0 bridgehead atoms. The lowest BCUT2D eigenvalue weighted by Crippen LogP contribution is -2.36. The van der Waals surface area contributed by atoms with Crippen molar-refractivity contribution < 1.29 is 14.3 Å². The van der Waals surface area contributed by atoms with Crippen LogP contribution in [0.4, 0.5) is 0 Å². The predicted molar refractivity (Wildman–Crippen MR) is 46.1 cm³/mol. The molecule has 4 nitrogen and oxygen atoms in total. The summed E-state index contributed by atoms with van der Waals surface area (Å²) in [5, 5.41) is 11.2. The summed E-state index contributed by atoms with van der Waals surface area (Å²) in [6, 6.07) is 3.35. The van der Waals surface area contributed by atoms with E-state index in [4.69, 9.17) is 0 Å². The van der Waals surface area contributed by atoms with Crippen LogP contribution < -0.4 is 4.73 Å². The Hall–Kier alpha value is -1.58. The fourth-order valence-electron chi connectivity index (χ4n) is 1.14. The van der Waals surface area contributed by atoms with Crippen LogP contribution >= 0.6 is 0 Å². The molecule has 0 unspecified atom stereocenters. The standard InChI is InChI=1S/C9H11NO3/c1-3-7-5-4-6-10(12)8(7)9(11)13-2/h4-6H,3H2,1-2H3. The normalized spacial score (nSPS) is 9.69. The van der Waals surface area contributed by atoms with Gasteiger partial charge in [-0.05, 0) is 12.5 Å². The largest absolute Gasteiger partial charge is 0.618 e. The Labute approximate surface area is 76.3 Å². The molecule has 0 atom stereocenters. The zero-order chi connectivity index (χ0) is 9.84. The zero-order valence-corrected chi connectivity index (χ0v) is 7.61. The van der Waals surface area contributed by atoms with Crippen LogP contribution in [0.15, 0.2) is 18.3 Å². The van der Waals surface area contributed by atoms with Gasteiger partial charge in [-0.15, -0.1) is 0 Å². The fraction of sp³-hybridized carbons (Fsp3) is 0.333. The number of pyridine rings is 1. The van der Waals surface area contributed by atoms with Crippen LogP contribution in [0, 0.1) is 5.21 Å². The number of aryl methyl sites for hydroxylation is 1. The van der Waals surface area contributed by atoms with Crippen molar-refractivity contribution in [3.8, 4) is 0 Å². The Balaban J connectivity index is 3.22. The average molecular weight is 181 g/mol. The van der Waals surface area contributed by atoms with Crippen molar-refractivity contribution in [3.63, 3.8) is 0 Å². The smallest absolute Gasteiger partial charge is 0.405 e. The van der Waals surface area contributed by atoms with Crippen LogP contribution in [0.1, 0.15) is 23.0 Å². The highest BCUT2D eigenvalue weighted by molar-refractivity contribution is 5.87. The van der Waals surface area contributed by atoms with Gasteiger partial charge in [0.05, 0.1) is 7.11 Å². The Morgan fingerprint density at radius 3 is 2.92 bits per heavy atom. The van der Waals surface area contributed by atoms with E-state index in [1.165, 1.54) is 13.3 Å². The van der Waals surface area contributed by atoms with E-state index in [0.29, 0.717) is 16.7 Å². The third-order valence-electron chi connectivity index (χ3n) is 1.80. The number of carbonyl (C=O) groups is 1. The molecular formula is C9H11NO3. The molecular weight excluding hydrogens is 170 g/mol. The van der Waals surface area contributed by atoms with Gasteiger partial charge in [-0.25, -0.2) is 4.79 Å². The summed E-state index contributed by atoms with van der Waals surface area (Å²) in [5.74, 6) is -0.590. The van der Waals surface area contributed by atoms with Crippen LogP contribution in [0.5, 0.6) is 0 Å². The summed E-state index contributed by atoms with van der Waals surface area (Å²) in [6.07, 6.45) is 1.92. The number of rotatable bonds is 2. The molecule has 0 aliphatic rings. The van der Waals surface area contributed by atoms with E-state index in [9.17, 15) is 10.0 Å². The van der Waals surface area contributed by atoms with Crippen LogP contribution in [0.25, 0.3) is 0 Å². The van der Waals surface area contributed by atoms with Crippen molar-refractivity contribution in [1.29, 1.82) is 0 Å². The number of methoxy groups -OCH3 is 1. The summed E-state index contributed by atoms with van der Waals surface area (Å²) in [6.45, 7) is 1.88.